The third kappa shape index (κ3) is 3.42. The molecule has 23 heavy (non-hydrogen) atoms. The van der Waals surface area contributed by atoms with Gasteiger partial charge in [-0.3, -0.25) is 4.79 Å². The third-order valence-corrected chi connectivity index (χ3v) is 4.94. The zero-order valence-electron chi connectivity index (χ0n) is 13.7. The van der Waals surface area contributed by atoms with E-state index in [-0.39, 0.29) is 17.4 Å². The fraction of sp³-hybridized carbons (Fsp3) is 0.600. The van der Waals surface area contributed by atoms with Crippen LogP contribution in [0.1, 0.15) is 53.3 Å². The Morgan fingerprint density at radius 3 is 2.78 bits per heavy atom. The number of carbonyl (C=O) groups is 1. The molecule has 1 amide bonds. The van der Waals surface area contributed by atoms with Gasteiger partial charge in [0.1, 0.15) is 4.88 Å². The van der Waals surface area contributed by atoms with Gasteiger partial charge < -0.3 is 14.1 Å². The minimum atomic E-state index is -0.371. The smallest absolute Gasteiger partial charge is 0.265 e. The van der Waals surface area contributed by atoms with Crippen LogP contribution in [0.25, 0.3) is 0 Å². The van der Waals surface area contributed by atoms with Crippen LogP contribution < -0.4 is 0 Å². The number of aromatic nitrogens is 3. The standard InChI is InChI=1S/C15H20N4O3S/c1-9-17-18-12(22-9)10-8-19(5-6-21-10)13(20)11-7-16-14(23-11)15(2,3)4/h7,10H,5-6,8H2,1-4H3. The van der Waals surface area contributed by atoms with Crippen LogP contribution in [0.5, 0.6) is 0 Å². The summed E-state index contributed by atoms with van der Waals surface area (Å²) < 4.78 is 11.1. The van der Waals surface area contributed by atoms with Crippen LogP contribution in [0.15, 0.2) is 10.6 Å². The van der Waals surface area contributed by atoms with Crippen molar-refractivity contribution in [3.05, 3.63) is 27.9 Å². The molecule has 1 unspecified atom stereocenters. The Kier molecular flexibility index (Phi) is 4.20. The van der Waals surface area contributed by atoms with Gasteiger partial charge in [-0.15, -0.1) is 21.5 Å². The molecule has 0 aliphatic carbocycles. The van der Waals surface area contributed by atoms with Gasteiger partial charge in [0.15, 0.2) is 6.10 Å². The summed E-state index contributed by atoms with van der Waals surface area (Å²) in [4.78, 5) is 19.5. The second kappa shape index (κ2) is 6.01. The van der Waals surface area contributed by atoms with Crippen molar-refractivity contribution < 1.29 is 13.9 Å². The van der Waals surface area contributed by atoms with E-state index in [0.29, 0.717) is 36.4 Å². The predicted octanol–water partition coefficient (Wildman–Crippen LogP) is 2.35. The van der Waals surface area contributed by atoms with Gasteiger partial charge in [0.2, 0.25) is 11.8 Å². The Labute approximate surface area is 138 Å². The Balaban J connectivity index is 1.73. The van der Waals surface area contributed by atoms with Crippen LogP contribution in [-0.4, -0.2) is 45.7 Å². The van der Waals surface area contributed by atoms with Crippen molar-refractivity contribution in [2.45, 2.75) is 39.2 Å². The lowest BCUT2D eigenvalue weighted by Gasteiger charge is -2.30. The average molecular weight is 336 g/mol. The van der Waals surface area contributed by atoms with Crippen LogP contribution >= 0.6 is 11.3 Å². The van der Waals surface area contributed by atoms with E-state index < -0.39 is 0 Å². The predicted molar refractivity (Wildman–Crippen MR) is 84.4 cm³/mol. The minimum absolute atomic E-state index is 0.0254. The first-order chi connectivity index (χ1) is 10.8. The van der Waals surface area contributed by atoms with E-state index in [4.69, 9.17) is 9.15 Å². The summed E-state index contributed by atoms with van der Waals surface area (Å²) in [5.41, 5.74) is -0.0575. The van der Waals surface area contributed by atoms with Crippen molar-refractivity contribution in [3.63, 3.8) is 0 Å². The summed E-state index contributed by atoms with van der Waals surface area (Å²) in [6.07, 6.45) is 1.29. The maximum Gasteiger partial charge on any atom is 0.265 e. The zero-order valence-corrected chi connectivity index (χ0v) is 14.5. The number of nitrogens with zero attached hydrogens (tertiary/aromatic N) is 4. The van der Waals surface area contributed by atoms with Crippen molar-refractivity contribution in [3.8, 4) is 0 Å². The molecule has 0 spiro atoms. The van der Waals surface area contributed by atoms with Crippen LogP contribution in [-0.2, 0) is 10.2 Å². The molecule has 0 saturated carbocycles. The molecule has 2 aromatic rings. The Morgan fingerprint density at radius 1 is 1.39 bits per heavy atom. The highest BCUT2D eigenvalue weighted by atomic mass is 32.1. The average Bonchev–Trinajstić information content (AvgIpc) is 3.15. The van der Waals surface area contributed by atoms with Gasteiger partial charge in [-0.1, -0.05) is 20.8 Å². The molecule has 124 valence electrons. The van der Waals surface area contributed by atoms with Crippen molar-refractivity contribution >= 4 is 17.2 Å². The summed E-state index contributed by atoms with van der Waals surface area (Å²) in [6, 6.07) is 0. The maximum atomic E-state index is 12.7. The number of morpholine rings is 1. The molecule has 1 atom stereocenters. The van der Waals surface area contributed by atoms with Crippen LogP contribution in [0.2, 0.25) is 0 Å². The number of carbonyl (C=O) groups excluding carboxylic acids is 1. The fourth-order valence-corrected chi connectivity index (χ4v) is 3.24. The van der Waals surface area contributed by atoms with Gasteiger partial charge in [-0.25, -0.2) is 4.98 Å². The molecule has 0 radical (unpaired) electrons. The number of amides is 1. The third-order valence-electron chi connectivity index (χ3n) is 3.53. The van der Waals surface area contributed by atoms with Gasteiger partial charge in [0.05, 0.1) is 24.4 Å². The van der Waals surface area contributed by atoms with E-state index >= 15 is 0 Å². The number of hydrogen-bond donors (Lipinski definition) is 0. The number of thiazole rings is 1. The molecular weight excluding hydrogens is 316 g/mol. The SMILES string of the molecule is Cc1nnc(C2CN(C(=O)c3cnc(C(C)(C)C)s3)CCO2)o1. The van der Waals surface area contributed by atoms with Crippen molar-refractivity contribution in [2.24, 2.45) is 0 Å². The maximum absolute atomic E-state index is 12.7. The second-order valence-electron chi connectivity index (χ2n) is 6.55. The lowest BCUT2D eigenvalue weighted by atomic mass is 9.98. The largest absolute Gasteiger partial charge is 0.423 e. The van der Waals surface area contributed by atoms with E-state index in [0.717, 1.165) is 5.01 Å². The highest BCUT2D eigenvalue weighted by molar-refractivity contribution is 7.13. The van der Waals surface area contributed by atoms with E-state index in [1.165, 1.54) is 11.3 Å². The molecule has 1 saturated heterocycles. The molecule has 8 heteroatoms. The second-order valence-corrected chi connectivity index (χ2v) is 7.58. The summed E-state index contributed by atoms with van der Waals surface area (Å²) in [5, 5.41) is 8.75. The van der Waals surface area contributed by atoms with E-state index in [9.17, 15) is 4.79 Å². The van der Waals surface area contributed by atoms with E-state index in [1.807, 2.05) is 0 Å². The van der Waals surface area contributed by atoms with Gasteiger partial charge in [-0.05, 0) is 0 Å². The molecule has 0 bridgehead atoms. The quantitative estimate of drug-likeness (QED) is 0.837. The Hall–Kier alpha value is -1.80. The summed E-state index contributed by atoms with van der Waals surface area (Å²) in [6.45, 7) is 9.39. The number of rotatable bonds is 2. The van der Waals surface area contributed by atoms with Crippen molar-refractivity contribution in [1.82, 2.24) is 20.1 Å². The molecule has 0 N–H and O–H groups in total. The minimum Gasteiger partial charge on any atom is -0.423 e. The highest BCUT2D eigenvalue weighted by Crippen LogP contribution is 2.28. The zero-order chi connectivity index (χ0) is 16.6. The van der Waals surface area contributed by atoms with Crippen molar-refractivity contribution in [1.29, 1.82) is 0 Å². The fourth-order valence-electron chi connectivity index (χ4n) is 2.30. The summed E-state index contributed by atoms with van der Waals surface area (Å²) >= 11 is 1.45. The summed E-state index contributed by atoms with van der Waals surface area (Å²) in [5.74, 6) is 0.881. The van der Waals surface area contributed by atoms with Gasteiger partial charge in [0, 0.05) is 18.9 Å². The lowest BCUT2D eigenvalue weighted by Crippen LogP contribution is -2.42. The Morgan fingerprint density at radius 2 is 2.17 bits per heavy atom. The van der Waals surface area contributed by atoms with Gasteiger partial charge >= 0.3 is 0 Å². The van der Waals surface area contributed by atoms with Crippen LogP contribution in [0.3, 0.4) is 0 Å². The molecule has 1 fully saturated rings. The molecule has 2 aromatic heterocycles. The van der Waals surface area contributed by atoms with E-state index in [2.05, 4.69) is 36.0 Å². The highest BCUT2D eigenvalue weighted by Gasteiger charge is 2.31. The first-order valence-electron chi connectivity index (χ1n) is 7.52. The first kappa shape index (κ1) is 16.1. The first-order valence-corrected chi connectivity index (χ1v) is 8.33. The molecule has 1 aliphatic heterocycles. The monoisotopic (exact) mass is 336 g/mol. The topological polar surface area (TPSA) is 81.4 Å². The van der Waals surface area contributed by atoms with Crippen LogP contribution in [0, 0.1) is 6.92 Å². The number of aryl methyl sites for hydroxylation is 1. The molecule has 1 aliphatic rings. The summed E-state index contributed by atoms with van der Waals surface area (Å²) in [7, 11) is 0. The molecule has 0 aromatic carbocycles. The normalized spacial score (nSPS) is 19.1. The Bertz CT molecular complexity index is 704. The molecule has 3 heterocycles. The number of hydrogen-bond acceptors (Lipinski definition) is 7. The van der Waals surface area contributed by atoms with Crippen molar-refractivity contribution in [2.75, 3.05) is 19.7 Å². The molecular formula is C15H20N4O3S. The van der Waals surface area contributed by atoms with Crippen LogP contribution in [0.4, 0.5) is 0 Å². The van der Waals surface area contributed by atoms with E-state index in [1.54, 1.807) is 18.0 Å². The molecule has 7 nitrogen and oxygen atoms in total. The number of ether oxygens (including phenoxy) is 1. The van der Waals surface area contributed by atoms with Gasteiger partial charge in [-0.2, -0.15) is 0 Å². The molecule has 3 rings (SSSR count). The lowest BCUT2D eigenvalue weighted by molar-refractivity contribution is -0.0348. The van der Waals surface area contributed by atoms with Gasteiger partial charge in [0.25, 0.3) is 5.91 Å².